The molecular formula is C21H16N2O5. The summed E-state index contributed by atoms with van der Waals surface area (Å²) in [6, 6.07) is 12.3. The van der Waals surface area contributed by atoms with Gasteiger partial charge in [-0.25, -0.2) is 9.69 Å². The third-order valence-corrected chi connectivity index (χ3v) is 3.92. The number of carbonyl (C=O) groups excluding carboxylic acids is 3. The predicted molar refractivity (Wildman–Crippen MR) is 103 cm³/mol. The molecule has 7 heteroatoms. The molecule has 2 aromatic rings. The van der Waals surface area contributed by atoms with E-state index in [-0.39, 0.29) is 12.2 Å². The smallest absolute Gasteiger partial charge is 0.335 e. The number of nitrogens with zero attached hydrogens (tertiary/aromatic N) is 1. The van der Waals surface area contributed by atoms with Crippen LogP contribution in [0.15, 0.2) is 54.1 Å². The van der Waals surface area contributed by atoms with Gasteiger partial charge >= 0.3 is 6.03 Å². The monoisotopic (exact) mass is 376 g/mol. The lowest BCUT2D eigenvalue weighted by Gasteiger charge is -2.26. The van der Waals surface area contributed by atoms with E-state index in [1.807, 2.05) is 0 Å². The van der Waals surface area contributed by atoms with Crippen molar-refractivity contribution in [3.8, 4) is 23.8 Å². The number of benzene rings is 2. The van der Waals surface area contributed by atoms with Crippen LogP contribution in [-0.4, -0.2) is 31.6 Å². The van der Waals surface area contributed by atoms with E-state index < -0.39 is 17.8 Å². The first-order valence-corrected chi connectivity index (χ1v) is 8.25. The summed E-state index contributed by atoms with van der Waals surface area (Å²) in [5.41, 5.74) is 0.689. The number of imide groups is 2. The maximum absolute atomic E-state index is 12.8. The summed E-state index contributed by atoms with van der Waals surface area (Å²) >= 11 is 0. The molecule has 1 aliphatic heterocycles. The van der Waals surface area contributed by atoms with Gasteiger partial charge < -0.3 is 9.47 Å². The molecule has 140 valence electrons. The SMILES string of the molecule is C#CCOc1cccc(/C=C2/C(=O)NC(=O)N(c3ccc(OC)cc3)C2=O)c1. The second-order valence-electron chi connectivity index (χ2n) is 5.72. The van der Waals surface area contributed by atoms with Crippen LogP contribution in [0.2, 0.25) is 0 Å². The summed E-state index contributed by atoms with van der Waals surface area (Å²) < 4.78 is 10.4. The summed E-state index contributed by atoms with van der Waals surface area (Å²) in [7, 11) is 1.51. The van der Waals surface area contributed by atoms with Crippen LogP contribution in [0.5, 0.6) is 11.5 Å². The first-order chi connectivity index (χ1) is 13.5. The minimum Gasteiger partial charge on any atom is -0.497 e. The van der Waals surface area contributed by atoms with Crippen LogP contribution in [0, 0.1) is 12.3 Å². The Hall–Kier alpha value is -4.05. The van der Waals surface area contributed by atoms with Gasteiger partial charge in [-0.1, -0.05) is 18.1 Å². The van der Waals surface area contributed by atoms with E-state index in [0.717, 1.165) is 4.90 Å². The number of hydrogen-bond acceptors (Lipinski definition) is 5. The molecule has 0 atom stereocenters. The molecule has 1 fully saturated rings. The van der Waals surface area contributed by atoms with E-state index in [2.05, 4.69) is 11.2 Å². The molecule has 0 spiro atoms. The largest absolute Gasteiger partial charge is 0.497 e. The van der Waals surface area contributed by atoms with Crippen LogP contribution >= 0.6 is 0 Å². The zero-order valence-corrected chi connectivity index (χ0v) is 15.0. The molecule has 0 aromatic heterocycles. The van der Waals surface area contributed by atoms with Crippen molar-refractivity contribution < 1.29 is 23.9 Å². The van der Waals surface area contributed by atoms with Gasteiger partial charge in [-0.3, -0.25) is 14.9 Å². The standard InChI is InChI=1S/C21H16N2O5/c1-3-11-28-17-6-4-5-14(12-17)13-18-19(24)22-21(26)23(20(18)25)15-7-9-16(27-2)10-8-15/h1,4-10,12-13H,11H2,2H3,(H,22,24,26)/b18-13-. The molecule has 0 unspecified atom stereocenters. The van der Waals surface area contributed by atoms with E-state index in [1.54, 1.807) is 48.5 Å². The average molecular weight is 376 g/mol. The third kappa shape index (κ3) is 3.86. The summed E-state index contributed by atoms with van der Waals surface area (Å²) in [5, 5.41) is 2.18. The number of amides is 4. The molecule has 1 heterocycles. The van der Waals surface area contributed by atoms with E-state index in [1.165, 1.54) is 13.2 Å². The summed E-state index contributed by atoms with van der Waals surface area (Å²) in [5.74, 6) is 1.93. The Balaban J connectivity index is 1.93. The van der Waals surface area contributed by atoms with E-state index in [0.29, 0.717) is 22.7 Å². The fraction of sp³-hybridized carbons (Fsp3) is 0.0952. The van der Waals surface area contributed by atoms with Gasteiger partial charge in [-0.2, -0.15) is 0 Å². The molecule has 3 rings (SSSR count). The topological polar surface area (TPSA) is 84.9 Å². The van der Waals surface area contributed by atoms with E-state index in [4.69, 9.17) is 15.9 Å². The highest BCUT2D eigenvalue weighted by Crippen LogP contribution is 2.24. The van der Waals surface area contributed by atoms with Crippen molar-refractivity contribution in [2.75, 3.05) is 18.6 Å². The second kappa shape index (κ2) is 8.10. The number of rotatable bonds is 5. The van der Waals surface area contributed by atoms with Gasteiger partial charge in [0.1, 0.15) is 23.7 Å². The first kappa shape index (κ1) is 18.7. The van der Waals surface area contributed by atoms with Crippen molar-refractivity contribution >= 4 is 29.6 Å². The zero-order valence-electron chi connectivity index (χ0n) is 15.0. The van der Waals surface area contributed by atoms with Crippen LogP contribution in [0.4, 0.5) is 10.5 Å². The molecule has 1 saturated heterocycles. The number of nitrogens with one attached hydrogen (secondary N) is 1. The molecule has 4 amide bonds. The minimum atomic E-state index is -0.816. The van der Waals surface area contributed by atoms with Gasteiger partial charge in [-0.05, 0) is 48.0 Å². The summed E-state index contributed by atoms with van der Waals surface area (Å²) in [6.07, 6.45) is 6.56. The van der Waals surface area contributed by atoms with Crippen LogP contribution < -0.4 is 19.7 Å². The Kier molecular flexibility index (Phi) is 5.42. The van der Waals surface area contributed by atoms with Gasteiger partial charge in [0, 0.05) is 0 Å². The Labute approximate surface area is 161 Å². The Morgan fingerprint density at radius 2 is 1.86 bits per heavy atom. The molecule has 0 aliphatic carbocycles. The molecule has 0 radical (unpaired) electrons. The molecule has 7 nitrogen and oxygen atoms in total. The maximum atomic E-state index is 12.8. The third-order valence-electron chi connectivity index (χ3n) is 3.92. The van der Waals surface area contributed by atoms with Crippen molar-refractivity contribution in [2.24, 2.45) is 0 Å². The molecule has 0 bridgehead atoms. The van der Waals surface area contributed by atoms with E-state index in [9.17, 15) is 14.4 Å². The van der Waals surface area contributed by atoms with Crippen LogP contribution in [-0.2, 0) is 9.59 Å². The Bertz CT molecular complexity index is 1000. The number of anilines is 1. The minimum absolute atomic E-state index is 0.0964. The number of hydrogen-bond donors (Lipinski definition) is 1. The molecule has 28 heavy (non-hydrogen) atoms. The van der Waals surface area contributed by atoms with Gasteiger partial charge in [0.25, 0.3) is 11.8 Å². The lowest BCUT2D eigenvalue weighted by molar-refractivity contribution is -0.122. The zero-order chi connectivity index (χ0) is 20.1. The lowest BCUT2D eigenvalue weighted by Crippen LogP contribution is -2.54. The van der Waals surface area contributed by atoms with Crippen molar-refractivity contribution in [2.45, 2.75) is 0 Å². The predicted octanol–water partition coefficient (Wildman–Crippen LogP) is 2.37. The van der Waals surface area contributed by atoms with Crippen molar-refractivity contribution in [1.82, 2.24) is 5.32 Å². The molecule has 1 aliphatic rings. The number of terminal acetylenes is 1. The fourth-order valence-electron chi connectivity index (χ4n) is 2.61. The maximum Gasteiger partial charge on any atom is 0.335 e. The molecule has 2 aromatic carbocycles. The number of urea groups is 1. The lowest BCUT2D eigenvalue weighted by atomic mass is 10.1. The van der Waals surface area contributed by atoms with Gasteiger partial charge in [0.2, 0.25) is 0 Å². The van der Waals surface area contributed by atoms with Gasteiger partial charge in [0.15, 0.2) is 0 Å². The molecular weight excluding hydrogens is 360 g/mol. The summed E-state index contributed by atoms with van der Waals surface area (Å²) in [4.78, 5) is 38.2. The summed E-state index contributed by atoms with van der Waals surface area (Å²) in [6.45, 7) is 0.0964. The van der Waals surface area contributed by atoms with Gasteiger partial charge in [0.05, 0.1) is 12.8 Å². The number of carbonyl (C=O) groups is 3. The first-order valence-electron chi connectivity index (χ1n) is 8.25. The number of ether oxygens (including phenoxy) is 2. The Morgan fingerprint density at radius 3 is 2.54 bits per heavy atom. The van der Waals surface area contributed by atoms with Gasteiger partial charge in [-0.15, -0.1) is 6.42 Å². The van der Waals surface area contributed by atoms with Crippen LogP contribution in [0.3, 0.4) is 0 Å². The van der Waals surface area contributed by atoms with Crippen molar-refractivity contribution in [3.05, 3.63) is 59.7 Å². The Morgan fingerprint density at radius 1 is 1.11 bits per heavy atom. The van der Waals surface area contributed by atoms with Crippen molar-refractivity contribution in [3.63, 3.8) is 0 Å². The highest BCUT2D eigenvalue weighted by atomic mass is 16.5. The molecule has 1 N–H and O–H groups in total. The quantitative estimate of drug-likeness (QED) is 0.492. The second-order valence-corrected chi connectivity index (χ2v) is 5.72. The normalized spacial score (nSPS) is 15.2. The average Bonchev–Trinajstić information content (AvgIpc) is 2.70. The fourth-order valence-corrected chi connectivity index (χ4v) is 2.61. The van der Waals surface area contributed by atoms with E-state index >= 15 is 0 Å². The number of barbiturate groups is 1. The van der Waals surface area contributed by atoms with Crippen LogP contribution in [0.1, 0.15) is 5.56 Å². The van der Waals surface area contributed by atoms with Crippen LogP contribution in [0.25, 0.3) is 6.08 Å². The highest BCUT2D eigenvalue weighted by Gasteiger charge is 2.36. The molecule has 0 saturated carbocycles. The highest BCUT2D eigenvalue weighted by molar-refractivity contribution is 6.39. The number of methoxy groups -OCH3 is 1. The van der Waals surface area contributed by atoms with Crippen molar-refractivity contribution in [1.29, 1.82) is 0 Å².